The van der Waals surface area contributed by atoms with E-state index in [-0.39, 0.29) is 0 Å². The van der Waals surface area contributed by atoms with E-state index in [1.54, 1.807) is 12.1 Å². The maximum atomic E-state index is 9.49. The number of anilines is 1. The van der Waals surface area contributed by atoms with Crippen LogP contribution in [0, 0.1) is 0 Å². The van der Waals surface area contributed by atoms with Gasteiger partial charge in [0.2, 0.25) is 0 Å². The summed E-state index contributed by atoms with van der Waals surface area (Å²) >= 11 is 0. The predicted octanol–water partition coefficient (Wildman–Crippen LogP) is 1.80. The molecule has 0 spiro atoms. The Hall–Kier alpha value is -2.42. The standard InChI is InChI=1S/C21H27BN4O3/c1-3-29-12-11-26-19-8-7-17(22(27)28)13-18(19)24-21(26)16-6-9-20(23-14-16)25-10-4-5-15(25)2/h6-9,13-15,27-28H,3-5,10-12H2,1-2H3. The van der Waals surface area contributed by atoms with Crippen LogP contribution in [0.25, 0.3) is 22.4 Å². The van der Waals surface area contributed by atoms with Gasteiger partial charge in [0.15, 0.2) is 0 Å². The van der Waals surface area contributed by atoms with Crippen molar-refractivity contribution in [1.29, 1.82) is 0 Å². The van der Waals surface area contributed by atoms with Crippen LogP contribution < -0.4 is 10.4 Å². The van der Waals surface area contributed by atoms with Crippen LogP contribution in [0.2, 0.25) is 0 Å². The molecule has 0 radical (unpaired) electrons. The summed E-state index contributed by atoms with van der Waals surface area (Å²) < 4.78 is 7.66. The number of hydrogen-bond acceptors (Lipinski definition) is 6. The Labute approximate surface area is 171 Å². The fraction of sp³-hybridized carbons (Fsp3) is 0.429. The molecule has 0 amide bonds. The zero-order valence-corrected chi connectivity index (χ0v) is 17.0. The molecule has 1 aliphatic heterocycles. The first kappa shape index (κ1) is 19.9. The van der Waals surface area contributed by atoms with Gasteiger partial charge >= 0.3 is 7.12 Å². The molecule has 29 heavy (non-hydrogen) atoms. The molecule has 1 unspecified atom stereocenters. The van der Waals surface area contributed by atoms with E-state index >= 15 is 0 Å². The van der Waals surface area contributed by atoms with Crippen LogP contribution in [0.15, 0.2) is 36.5 Å². The van der Waals surface area contributed by atoms with Gasteiger partial charge in [-0.3, -0.25) is 0 Å². The lowest BCUT2D eigenvalue weighted by Crippen LogP contribution is -2.29. The Morgan fingerprint density at radius 1 is 1.24 bits per heavy atom. The molecule has 0 aliphatic carbocycles. The molecule has 3 aromatic rings. The Balaban J connectivity index is 1.71. The molecule has 0 saturated carbocycles. The lowest BCUT2D eigenvalue weighted by atomic mass is 9.80. The predicted molar refractivity (Wildman–Crippen MR) is 115 cm³/mol. The van der Waals surface area contributed by atoms with E-state index in [1.807, 2.05) is 19.2 Å². The Bertz CT molecular complexity index is 974. The molecule has 1 aromatic carbocycles. The largest absolute Gasteiger partial charge is 0.488 e. The third-order valence-electron chi connectivity index (χ3n) is 5.59. The van der Waals surface area contributed by atoms with Crippen molar-refractivity contribution in [3.8, 4) is 11.4 Å². The Morgan fingerprint density at radius 3 is 2.76 bits per heavy atom. The highest BCUT2D eigenvalue weighted by molar-refractivity contribution is 6.58. The van der Waals surface area contributed by atoms with Crippen molar-refractivity contribution in [3.05, 3.63) is 36.5 Å². The maximum absolute atomic E-state index is 9.49. The second kappa shape index (κ2) is 8.53. The van der Waals surface area contributed by atoms with E-state index < -0.39 is 7.12 Å². The second-order valence-electron chi connectivity index (χ2n) is 7.50. The van der Waals surface area contributed by atoms with Gasteiger partial charge in [-0.25, -0.2) is 9.97 Å². The lowest BCUT2D eigenvalue weighted by molar-refractivity contribution is 0.140. The average Bonchev–Trinajstić information content (AvgIpc) is 3.31. The fourth-order valence-corrected chi connectivity index (χ4v) is 4.02. The summed E-state index contributed by atoms with van der Waals surface area (Å²) in [6.45, 7) is 7.16. The molecule has 4 rings (SSSR count). The monoisotopic (exact) mass is 394 g/mol. The van der Waals surface area contributed by atoms with Gasteiger partial charge in [0, 0.05) is 37.5 Å². The van der Waals surface area contributed by atoms with Gasteiger partial charge in [0.25, 0.3) is 0 Å². The molecule has 7 nitrogen and oxygen atoms in total. The highest BCUT2D eigenvalue weighted by Gasteiger charge is 2.22. The molecule has 3 heterocycles. The van der Waals surface area contributed by atoms with Crippen LogP contribution in [0.4, 0.5) is 5.82 Å². The summed E-state index contributed by atoms with van der Waals surface area (Å²) in [5, 5.41) is 19.0. The SMILES string of the molecule is CCOCCn1c(-c2ccc(N3CCCC3C)nc2)nc2cc(B(O)O)ccc21. The average molecular weight is 394 g/mol. The number of ether oxygens (including phenoxy) is 1. The van der Waals surface area contributed by atoms with E-state index in [1.165, 1.54) is 12.8 Å². The number of hydrogen-bond donors (Lipinski definition) is 2. The smallest absolute Gasteiger partial charge is 0.423 e. The summed E-state index contributed by atoms with van der Waals surface area (Å²) in [6.07, 6.45) is 4.28. The van der Waals surface area contributed by atoms with Crippen LogP contribution in [0.1, 0.15) is 26.7 Å². The minimum Gasteiger partial charge on any atom is -0.423 e. The van der Waals surface area contributed by atoms with Crippen molar-refractivity contribution in [2.24, 2.45) is 0 Å². The normalized spacial score (nSPS) is 16.7. The topological polar surface area (TPSA) is 83.6 Å². The molecule has 152 valence electrons. The summed E-state index contributed by atoms with van der Waals surface area (Å²) in [5.41, 5.74) is 3.01. The first-order valence-corrected chi connectivity index (χ1v) is 10.3. The molecule has 1 fully saturated rings. The molecule has 1 aliphatic rings. The minimum absolute atomic E-state index is 0.426. The van der Waals surface area contributed by atoms with Gasteiger partial charge in [-0.15, -0.1) is 0 Å². The third kappa shape index (κ3) is 4.01. The highest BCUT2D eigenvalue weighted by atomic mass is 16.5. The van der Waals surface area contributed by atoms with Crippen LogP contribution in [0.5, 0.6) is 0 Å². The van der Waals surface area contributed by atoms with Gasteiger partial charge in [0.1, 0.15) is 11.6 Å². The van der Waals surface area contributed by atoms with Crippen molar-refractivity contribution in [2.45, 2.75) is 39.3 Å². The maximum Gasteiger partial charge on any atom is 0.488 e. The third-order valence-corrected chi connectivity index (χ3v) is 5.59. The number of nitrogens with zero attached hydrogens (tertiary/aromatic N) is 4. The molecule has 0 bridgehead atoms. The molecular formula is C21H27BN4O3. The first-order chi connectivity index (χ1) is 14.1. The molecule has 1 saturated heterocycles. The zero-order chi connectivity index (χ0) is 20.4. The summed E-state index contributed by atoms with van der Waals surface area (Å²) in [5.74, 6) is 1.80. The Morgan fingerprint density at radius 2 is 2.10 bits per heavy atom. The lowest BCUT2D eigenvalue weighted by Gasteiger charge is -2.22. The number of rotatable bonds is 7. The Kier molecular flexibility index (Phi) is 5.85. The summed E-state index contributed by atoms with van der Waals surface area (Å²) in [7, 11) is -1.51. The van der Waals surface area contributed by atoms with Gasteiger partial charge in [-0.05, 0) is 56.4 Å². The molecule has 8 heteroatoms. The molecule has 2 aromatic heterocycles. The number of imidazole rings is 1. The summed E-state index contributed by atoms with van der Waals surface area (Å²) in [6, 6.07) is 9.95. The van der Waals surface area contributed by atoms with E-state index in [2.05, 4.69) is 28.5 Å². The van der Waals surface area contributed by atoms with Gasteiger partial charge in [-0.2, -0.15) is 0 Å². The zero-order valence-electron chi connectivity index (χ0n) is 17.0. The fourth-order valence-electron chi connectivity index (χ4n) is 4.02. The number of aromatic nitrogens is 3. The molecule has 2 N–H and O–H groups in total. The van der Waals surface area contributed by atoms with Crippen molar-refractivity contribution in [3.63, 3.8) is 0 Å². The first-order valence-electron chi connectivity index (χ1n) is 10.3. The van der Waals surface area contributed by atoms with E-state index in [4.69, 9.17) is 14.7 Å². The van der Waals surface area contributed by atoms with Crippen molar-refractivity contribution < 1.29 is 14.8 Å². The number of pyridine rings is 1. The van der Waals surface area contributed by atoms with Crippen LogP contribution >= 0.6 is 0 Å². The van der Waals surface area contributed by atoms with Crippen molar-refractivity contribution in [1.82, 2.24) is 14.5 Å². The highest BCUT2D eigenvalue weighted by Crippen LogP contribution is 2.28. The van der Waals surface area contributed by atoms with Crippen LogP contribution in [0.3, 0.4) is 0 Å². The van der Waals surface area contributed by atoms with Gasteiger partial charge < -0.3 is 24.3 Å². The number of fused-ring (bicyclic) bond motifs is 1. The van der Waals surface area contributed by atoms with Gasteiger partial charge in [0.05, 0.1) is 17.6 Å². The molecule has 1 atom stereocenters. The van der Waals surface area contributed by atoms with Crippen molar-refractivity contribution in [2.75, 3.05) is 24.7 Å². The van der Waals surface area contributed by atoms with Crippen LogP contribution in [-0.2, 0) is 11.3 Å². The second-order valence-corrected chi connectivity index (χ2v) is 7.50. The van der Waals surface area contributed by atoms with E-state index in [0.717, 1.165) is 34.8 Å². The van der Waals surface area contributed by atoms with E-state index in [9.17, 15) is 10.0 Å². The summed E-state index contributed by atoms with van der Waals surface area (Å²) in [4.78, 5) is 11.8. The van der Waals surface area contributed by atoms with E-state index in [0.29, 0.717) is 31.3 Å². The van der Waals surface area contributed by atoms with Gasteiger partial charge in [-0.1, -0.05) is 6.07 Å². The van der Waals surface area contributed by atoms with Crippen molar-refractivity contribution >= 4 is 29.4 Å². The quantitative estimate of drug-likeness (QED) is 0.470. The molecular weight excluding hydrogens is 367 g/mol. The number of benzene rings is 1. The van der Waals surface area contributed by atoms with Crippen LogP contribution in [-0.4, -0.2) is 57.5 Å². The minimum atomic E-state index is -1.51.